The van der Waals surface area contributed by atoms with E-state index in [9.17, 15) is 10.1 Å². The molecular formula is C14H9Cl2N5O2. The number of aromatic nitrogens is 2. The molecule has 3 N–H and O–H groups in total. The second kappa shape index (κ2) is 5.86. The number of nitrogens with one attached hydrogen (secondary N) is 1. The third-order valence-corrected chi connectivity index (χ3v) is 3.90. The second-order valence-electron chi connectivity index (χ2n) is 4.66. The third-order valence-electron chi connectivity index (χ3n) is 3.18. The highest BCUT2D eigenvalue weighted by molar-refractivity contribution is 6.42. The minimum atomic E-state index is -0.482. The van der Waals surface area contributed by atoms with E-state index in [-0.39, 0.29) is 5.69 Å². The molecule has 0 saturated carbocycles. The normalized spacial score (nSPS) is 10.7. The molecular weight excluding hydrogens is 341 g/mol. The molecule has 0 aliphatic carbocycles. The van der Waals surface area contributed by atoms with Crippen molar-refractivity contribution in [3.63, 3.8) is 0 Å². The standard InChI is InChI=1S/C14H9Cl2N5O2/c15-9-4-11(17)13(5-10(9)16)20-14-8-3-7(21(22)23)1-2-12(8)18-6-19-14/h1-6H,17H2,(H,18,19,20). The first-order chi connectivity index (χ1) is 11.0. The van der Waals surface area contributed by atoms with Crippen molar-refractivity contribution >= 4 is 57.0 Å². The Bertz CT molecular complexity index is 932. The lowest BCUT2D eigenvalue weighted by molar-refractivity contribution is -0.384. The van der Waals surface area contributed by atoms with Gasteiger partial charge in [-0.05, 0) is 18.2 Å². The van der Waals surface area contributed by atoms with Crippen LogP contribution in [0.2, 0.25) is 10.0 Å². The molecule has 0 aliphatic rings. The maximum Gasteiger partial charge on any atom is 0.270 e. The number of halogens is 2. The molecule has 0 bridgehead atoms. The molecule has 0 radical (unpaired) electrons. The Morgan fingerprint density at radius 2 is 1.87 bits per heavy atom. The summed E-state index contributed by atoms with van der Waals surface area (Å²) in [5.74, 6) is 0.379. The van der Waals surface area contributed by atoms with E-state index in [0.717, 1.165) is 0 Å². The van der Waals surface area contributed by atoms with E-state index in [4.69, 9.17) is 28.9 Å². The number of hydrogen-bond donors (Lipinski definition) is 2. The molecule has 0 saturated heterocycles. The lowest BCUT2D eigenvalue weighted by Gasteiger charge is -2.11. The Morgan fingerprint density at radius 1 is 1.13 bits per heavy atom. The van der Waals surface area contributed by atoms with Crippen molar-refractivity contribution in [2.24, 2.45) is 0 Å². The number of nitrogen functional groups attached to an aromatic ring is 1. The monoisotopic (exact) mass is 349 g/mol. The highest BCUT2D eigenvalue weighted by atomic mass is 35.5. The predicted octanol–water partition coefficient (Wildman–Crippen LogP) is 4.17. The van der Waals surface area contributed by atoms with Gasteiger partial charge in [0.05, 0.1) is 31.9 Å². The maximum atomic E-state index is 10.9. The van der Waals surface area contributed by atoms with E-state index in [0.29, 0.717) is 38.1 Å². The first-order valence-electron chi connectivity index (χ1n) is 6.36. The van der Waals surface area contributed by atoms with Crippen LogP contribution in [0.25, 0.3) is 10.9 Å². The summed E-state index contributed by atoms with van der Waals surface area (Å²) in [5, 5.41) is 15.1. The molecule has 0 unspecified atom stereocenters. The summed E-state index contributed by atoms with van der Waals surface area (Å²) in [6, 6.07) is 7.40. The lowest BCUT2D eigenvalue weighted by atomic mass is 10.2. The van der Waals surface area contributed by atoms with Crippen molar-refractivity contribution < 1.29 is 4.92 Å². The summed E-state index contributed by atoms with van der Waals surface area (Å²) < 4.78 is 0. The Morgan fingerprint density at radius 3 is 2.61 bits per heavy atom. The van der Waals surface area contributed by atoms with Gasteiger partial charge in [-0.1, -0.05) is 23.2 Å². The van der Waals surface area contributed by atoms with Crippen molar-refractivity contribution in [2.75, 3.05) is 11.1 Å². The zero-order valence-electron chi connectivity index (χ0n) is 11.5. The van der Waals surface area contributed by atoms with E-state index in [1.54, 1.807) is 12.1 Å². The van der Waals surface area contributed by atoms with Gasteiger partial charge in [-0.3, -0.25) is 10.1 Å². The summed E-state index contributed by atoms with van der Waals surface area (Å²) in [6.07, 6.45) is 1.35. The van der Waals surface area contributed by atoms with Crippen LogP contribution in [0.15, 0.2) is 36.7 Å². The number of nitrogens with two attached hydrogens (primary N) is 1. The zero-order valence-corrected chi connectivity index (χ0v) is 13.0. The number of nitrogens with zero attached hydrogens (tertiary/aromatic N) is 3. The molecule has 9 heteroatoms. The Balaban J connectivity index is 2.11. The van der Waals surface area contributed by atoms with Crippen molar-refractivity contribution in [1.82, 2.24) is 9.97 Å². The van der Waals surface area contributed by atoms with Gasteiger partial charge in [-0.15, -0.1) is 0 Å². The summed E-state index contributed by atoms with van der Waals surface area (Å²) in [5.41, 5.74) is 7.27. The Hall–Kier alpha value is -2.64. The van der Waals surface area contributed by atoms with Gasteiger partial charge < -0.3 is 11.1 Å². The molecule has 23 heavy (non-hydrogen) atoms. The summed E-state index contributed by atoms with van der Waals surface area (Å²) in [4.78, 5) is 18.7. The average molecular weight is 350 g/mol. The fourth-order valence-corrected chi connectivity index (χ4v) is 2.39. The van der Waals surface area contributed by atoms with Crippen LogP contribution < -0.4 is 11.1 Å². The number of non-ortho nitro benzene ring substituents is 1. The van der Waals surface area contributed by atoms with Crippen molar-refractivity contribution in [2.45, 2.75) is 0 Å². The number of rotatable bonds is 3. The molecule has 0 fully saturated rings. The molecule has 0 amide bonds. The van der Waals surface area contributed by atoms with E-state index in [1.165, 1.54) is 24.5 Å². The van der Waals surface area contributed by atoms with E-state index < -0.39 is 4.92 Å². The molecule has 2 aromatic carbocycles. The molecule has 0 spiro atoms. The smallest absolute Gasteiger partial charge is 0.270 e. The van der Waals surface area contributed by atoms with Crippen molar-refractivity contribution in [1.29, 1.82) is 0 Å². The lowest BCUT2D eigenvalue weighted by Crippen LogP contribution is -2.00. The van der Waals surface area contributed by atoms with Gasteiger partial charge in [0.1, 0.15) is 12.1 Å². The van der Waals surface area contributed by atoms with Crippen molar-refractivity contribution in [3.05, 3.63) is 56.8 Å². The predicted molar refractivity (Wildman–Crippen MR) is 90.3 cm³/mol. The van der Waals surface area contributed by atoms with Gasteiger partial charge in [-0.2, -0.15) is 0 Å². The van der Waals surface area contributed by atoms with Crippen molar-refractivity contribution in [3.8, 4) is 0 Å². The molecule has 0 atom stereocenters. The fraction of sp³-hybridized carbons (Fsp3) is 0. The van der Waals surface area contributed by atoms with Gasteiger partial charge in [0.25, 0.3) is 5.69 Å². The first kappa shape index (κ1) is 15.3. The number of anilines is 3. The van der Waals surface area contributed by atoms with Crippen LogP contribution in [0, 0.1) is 10.1 Å². The maximum absolute atomic E-state index is 10.9. The Kier molecular flexibility index (Phi) is 3.89. The molecule has 7 nitrogen and oxygen atoms in total. The Labute approximate surface area is 140 Å². The van der Waals surface area contributed by atoms with Gasteiger partial charge in [0.2, 0.25) is 0 Å². The van der Waals surface area contributed by atoms with Crippen LogP contribution in [0.1, 0.15) is 0 Å². The van der Waals surface area contributed by atoms with Crippen LogP contribution in [-0.2, 0) is 0 Å². The quantitative estimate of drug-likeness (QED) is 0.417. The van der Waals surface area contributed by atoms with Crippen LogP contribution in [0.5, 0.6) is 0 Å². The summed E-state index contributed by atoms with van der Waals surface area (Å²) >= 11 is 11.9. The SMILES string of the molecule is Nc1cc(Cl)c(Cl)cc1Nc1ncnc2ccc([N+](=O)[O-])cc12. The molecule has 0 aliphatic heterocycles. The van der Waals surface area contributed by atoms with Crippen LogP contribution >= 0.6 is 23.2 Å². The summed E-state index contributed by atoms with van der Waals surface area (Å²) in [7, 11) is 0. The van der Waals surface area contributed by atoms with E-state index in [1.807, 2.05) is 0 Å². The van der Waals surface area contributed by atoms with E-state index >= 15 is 0 Å². The summed E-state index contributed by atoms with van der Waals surface area (Å²) in [6.45, 7) is 0. The highest BCUT2D eigenvalue weighted by Crippen LogP contribution is 2.34. The highest BCUT2D eigenvalue weighted by Gasteiger charge is 2.12. The molecule has 3 aromatic rings. The minimum Gasteiger partial charge on any atom is -0.397 e. The van der Waals surface area contributed by atoms with Gasteiger partial charge in [0.15, 0.2) is 0 Å². The van der Waals surface area contributed by atoms with Gasteiger partial charge in [0, 0.05) is 17.5 Å². The molecule has 1 aromatic heterocycles. The third kappa shape index (κ3) is 2.96. The number of hydrogen-bond acceptors (Lipinski definition) is 6. The van der Waals surface area contributed by atoms with Gasteiger partial charge in [-0.25, -0.2) is 9.97 Å². The second-order valence-corrected chi connectivity index (χ2v) is 5.47. The molecule has 1 heterocycles. The van der Waals surface area contributed by atoms with Crippen LogP contribution in [-0.4, -0.2) is 14.9 Å². The zero-order chi connectivity index (χ0) is 16.6. The number of benzene rings is 2. The van der Waals surface area contributed by atoms with Crippen LogP contribution in [0.3, 0.4) is 0 Å². The fourth-order valence-electron chi connectivity index (χ4n) is 2.06. The average Bonchev–Trinajstić information content (AvgIpc) is 2.52. The van der Waals surface area contributed by atoms with Crippen LogP contribution in [0.4, 0.5) is 22.9 Å². The molecule has 3 rings (SSSR count). The number of nitro benzene ring substituents is 1. The number of nitro groups is 1. The number of fused-ring (bicyclic) bond motifs is 1. The largest absolute Gasteiger partial charge is 0.397 e. The van der Waals surface area contributed by atoms with E-state index in [2.05, 4.69) is 15.3 Å². The van der Waals surface area contributed by atoms with Gasteiger partial charge >= 0.3 is 0 Å². The molecule has 116 valence electrons. The minimum absolute atomic E-state index is 0.0579. The first-order valence-corrected chi connectivity index (χ1v) is 7.12. The topological polar surface area (TPSA) is 107 Å².